The lowest BCUT2D eigenvalue weighted by atomic mass is 10.1. The van der Waals surface area contributed by atoms with E-state index in [1.807, 2.05) is 42.5 Å². The van der Waals surface area contributed by atoms with E-state index in [9.17, 15) is 4.79 Å². The van der Waals surface area contributed by atoms with Crippen LogP contribution in [-0.2, 0) is 10.5 Å². The summed E-state index contributed by atoms with van der Waals surface area (Å²) in [5, 5.41) is 4.54. The van der Waals surface area contributed by atoms with Gasteiger partial charge >= 0.3 is 0 Å². The normalized spacial score (nSPS) is 17.6. The van der Waals surface area contributed by atoms with Gasteiger partial charge in [-0.15, -0.1) is 0 Å². The molecular weight excluding hydrogens is 518 g/mol. The number of rotatable bonds is 8. The lowest BCUT2D eigenvalue weighted by Gasteiger charge is -2.37. The van der Waals surface area contributed by atoms with Crippen molar-refractivity contribution in [3.63, 3.8) is 0 Å². The summed E-state index contributed by atoms with van der Waals surface area (Å²) in [4.78, 5) is 26.8. The number of hydrogen-bond donors (Lipinski definition) is 1. The van der Waals surface area contributed by atoms with Crippen molar-refractivity contribution >= 4 is 40.8 Å². The fourth-order valence-corrected chi connectivity index (χ4v) is 5.94. The van der Waals surface area contributed by atoms with Crippen LogP contribution in [-0.4, -0.2) is 61.3 Å². The molecule has 2 saturated heterocycles. The predicted molar refractivity (Wildman–Crippen MR) is 155 cm³/mol. The summed E-state index contributed by atoms with van der Waals surface area (Å²) < 4.78 is 5.58. The number of benzene rings is 2. The van der Waals surface area contributed by atoms with Gasteiger partial charge in [0, 0.05) is 61.9 Å². The van der Waals surface area contributed by atoms with Gasteiger partial charge in [-0.25, -0.2) is 9.97 Å². The van der Waals surface area contributed by atoms with Gasteiger partial charge in [0.25, 0.3) is 5.91 Å². The number of piperazine rings is 1. The molecule has 9 heteroatoms. The predicted octanol–water partition coefficient (Wildman–Crippen LogP) is 5.27. The van der Waals surface area contributed by atoms with Crippen LogP contribution in [0.1, 0.15) is 40.0 Å². The highest BCUT2D eigenvalue weighted by atomic mass is 35.5. The Morgan fingerprint density at radius 3 is 2.50 bits per heavy atom. The van der Waals surface area contributed by atoms with Crippen LogP contribution in [0.4, 0.5) is 11.5 Å². The van der Waals surface area contributed by atoms with E-state index < -0.39 is 0 Å². The number of nitrogens with zero attached hydrogens (tertiary/aromatic N) is 4. The second-order valence-electron chi connectivity index (χ2n) is 9.80. The summed E-state index contributed by atoms with van der Waals surface area (Å²) in [6.45, 7) is 9.05. The molecular formula is C29H34ClN5O2S. The maximum absolute atomic E-state index is 12.5. The summed E-state index contributed by atoms with van der Waals surface area (Å²) in [5.74, 6) is 1.69. The highest BCUT2D eigenvalue weighted by Crippen LogP contribution is 2.30. The van der Waals surface area contributed by atoms with Crippen LogP contribution in [0.2, 0.25) is 5.02 Å². The average molecular weight is 552 g/mol. The van der Waals surface area contributed by atoms with Crippen molar-refractivity contribution in [2.24, 2.45) is 0 Å². The zero-order chi connectivity index (χ0) is 26.5. The molecule has 3 aromatic rings. The molecule has 5 rings (SSSR count). The Morgan fingerprint density at radius 1 is 1.05 bits per heavy atom. The van der Waals surface area contributed by atoms with Crippen LogP contribution in [0.5, 0.6) is 0 Å². The van der Waals surface area contributed by atoms with Gasteiger partial charge in [-0.3, -0.25) is 4.79 Å². The number of carbonyl (C=O) groups excluding carboxylic acids is 1. The molecule has 2 fully saturated rings. The zero-order valence-corrected chi connectivity index (χ0v) is 23.5. The third-order valence-corrected chi connectivity index (χ3v) is 8.45. The summed E-state index contributed by atoms with van der Waals surface area (Å²) in [6.07, 6.45) is 2.22. The Hall–Kier alpha value is -2.81. The first kappa shape index (κ1) is 26.8. The van der Waals surface area contributed by atoms with Crippen LogP contribution in [0, 0.1) is 13.8 Å². The number of ether oxygens (including phenoxy) is 1. The minimum absolute atomic E-state index is 0.0588. The summed E-state index contributed by atoms with van der Waals surface area (Å²) in [7, 11) is 0. The molecule has 200 valence electrons. The molecule has 1 N–H and O–H groups in total. The second kappa shape index (κ2) is 12.4. The molecule has 7 nitrogen and oxygen atoms in total. The number of amides is 1. The molecule has 0 unspecified atom stereocenters. The molecule has 1 atom stereocenters. The molecule has 0 aliphatic carbocycles. The van der Waals surface area contributed by atoms with E-state index in [2.05, 4.69) is 35.0 Å². The minimum atomic E-state index is -0.0588. The first-order chi connectivity index (χ1) is 18.5. The van der Waals surface area contributed by atoms with E-state index >= 15 is 0 Å². The second-order valence-corrected chi connectivity index (χ2v) is 11.1. The number of halogens is 1. The number of anilines is 2. The van der Waals surface area contributed by atoms with Gasteiger partial charge < -0.3 is 19.9 Å². The molecule has 1 aromatic heterocycles. The topological polar surface area (TPSA) is 70.6 Å². The Morgan fingerprint density at radius 2 is 1.79 bits per heavy atom. The number of aromatic nitrogens is 2. The van der Waals surface area contributed by atoms with Crippen LogP contribution < -0.4 is 15.1 Å². The summed E-state index contributed by atoms with van der Waals surface area (Å²) in [6, 6.07) is 15.8. The summed E-state index contributed by atoms with van der Waals surface area (Å²) >= 11 is 8.04. The third-order valence-electron chi connectivity index (χ3n) is 7.21. The lowest BCUT2D eigenvalue weighted by Crippen LogP contribution is -2.47. The van der Waals surface area contributed by atoms with E-state index in [0.29, 0.717) is 12.1 Å². The quantitative estimate of drug-likeness (QED) is 0.302. The van der Waals surface area contributed by atoms with Crippen LogP contribution in [0.25, 0.3) is 0 Å². The molecule has 3 heterocycles. The van der Waals surface area contributed by atoms with Crippen molar-refractivity contribution in [1.82, 2.24) is 15.3 Å². The van der Waals surface area contributed by atoms with Crippen molar-refractivity contribution in [2.45, 2.75) is 43.7 Å². The van der Waals surface area contributed by atoms with Crippen molar-refractivity contribution in [2.75, 3.05) is 49.1 Å². The van der Waals surface area contributed by atoms with E-state index in [1.165, 1.54) is 0 Å². The number of para-hydroxylation sites is 1. The number of nitrogens with one attached hydrogen (secondary N) is 1. The van der Waals surface area contributed by atoms with Crippen molar-refractivity contribution < 1.29 is 9.53 Å². The van der Waals surface area contributed by atoms with E-state index in [0.717, 1.165) is 89.9 Å². The molecule has 0 spiro atoms. The van der Waals surface area contributed by atoms with Crippen LogP contribution in [0.3, 0.4) is 0 Å². The lowest BCUT2D eigenvalue weighted by molar-refractivity contribution is 0.0858. The standard InChI is InChI=1S/C29H34ClN5O2S/c1-20-21(2)32-29(33-27(20)35-15-13-34(14-16-35)26-8-4-3-7-25(26)30)38-19-22-9-11-23(12-10-22)28(36)31-18-24-6-5-17-37-24/h3-4,7-12,24H,5-6,13-19H2,1-2H3,(H,31,36)/t24-/m1/s1. The Bertz CT molecular complexity index is 1260. The molecule has 2 aliphatic rings. The van der Waals surface area contributed by atoms with Gasteiger partial charge in [0.15, 0.2) is 5.16 Å². The van der Waals surface area contributed by atoms with Gasteiger partial charge in [0.1, 0.15) is 5.82 Å². The first-order valence-electron chi connectivity index (χ1n) is 13.2. The molecule has 0 radical (unpaired) electrons. The molecule has 2 aromatic carbocycles. The maximum Gasteiger partial charge on any atom is 0.251 e. The molecule has 38 heavy (non-hydrogen) atoms. The highest BCUT2D eigenvalue weighted by molar-refractivity contribution is 7.98. The van der Waals surface area contributed by atoms with Gasteiger partial charge in [-0.1, -0.05) is 47.6 Å². The van der Waals surface area contributed by atoms with Gasteiger partial charge in [0.2, 0.25) is 0 Å². The minimum Gasteiger partial charge on any atom is -0.376 e. The third kappa shape index (κ3) is 6.42. The Labute approximate surface area is 233 Å². The number of hydrogen-bond acceptors (Lipinski definition) is 7. The molecule has 2 aliphatic heterocycles. The average Bonchev–Trinajstić information content (AvgIpc) is 3.47. The highest BCUT2D eigenvalue weighted by Gasteiger charge is 2.22. The van der Waals surface area contributed by atoms with Crippen molar-refractivity contribution in [3.05, 3.63) is 75.9 Å². The van der Waals surface area contributed by atoms with Gasteiger partial charge in [0.05, 0.1) is 16.8 Å². The van der Waals surface area contributed by atoms with Crippen LogP contribution >= 0.6 is 23.4 Å². The molecule has 1 amide bonds. The van der Waals surface area contributed by atoms with E-state index in [-0.39, 0.29) is 12.0 Å². The summed E-state index contributed by atoms with van der Waals surface area (Å²) in [5.41, 5.74) is 5.01. The molecule has 0 saturated carbocycles. The SMILES string of the molecule is Cc1nc(SCc2ccc(C(=O)NC[C@H]3CCCO3)cc2)nc(N2CCN(c3ccccc3Cl)CC2)c1C. The smallest absolute Gasteiger partial charge is 0.251 e. The fourth-order valence-electron chi connectivity index (χ4n) is 4.84. The number of carbonyl (C=O) groups is 1. The molecule has 0 bridgehead atoms. The monoisotopic (exact) mass is 551 g/mol. The number of thioether (sulfide) groups is 1. The zero-order valence-electron chi connectivity index (χ0n) is 22.0. The van der Waals surface area contributed by atoms with Gasteiger partial charge in [-0.05, 0) is 56.5 Å². The van der Waals surface area contributed by atoms with Crippen LogP contribution in [0.15, 0.2) is 53.7 Å². The van der Waals surface area contributed by atoms with Gasteiger partial charge in [-0.2, -0.15) is 0 Å². The Kier molecular flexibility index (Phi) is 8.72. The maximum atomic E-state index is 12.5. The number of aryl methyl sites for hydroxylation is 1. The van der Waals surface area contributed by atoms with Crippen molar-refractivity contribution in [3.8, 4) is 0 Å². The first-order valence-corrected chi connectivity index (χ1v) is 14.6. The van der Waals surface area contributed by atoms with E-state index in [4.69, 9.17) is 26.3 Å². The van der Waals surface area contributed by atoms with Crippen molar-refractivity contribution in [1.29, 1.82) is 0 Å². The fraction of sp³-hybridized carbons (Fsp3) is 0.414. The Balaban J connectivity index is 1.18. The van der Waals surface area contributed by atoms with E-state index in [1.54, 1.807) is 11.8 Å². The largest absolute Gasteiger partial charge is 0.376 e.